The van der Waals surface area contributed by atoms with E-state index in [9.17, 15) is 15.0 Å². The molecule has 3 rings (SSSR count). The Hall–Kier alpha value is -1.69. The van der Waals surface area contributed by atoms with Crippen LogP contribution in [0.3, 0.4) is 0 Å². The van der Waals surface area contributed by atoms with Gasteiger partial charge in [-0.1, -0.05) is 0 Å². The number of hydrogen-bond acceptors (Lipinski definition) is 4. The summed E-state index contributed by atoms with van der Waals surface area (Å²) in [4.78, 5) is 11.4. The number of carbonyl (C=O) groups is 1. The summed E-state index contributed by atoms with van der Waals surface area (Å²) in [6.07, 6.45) is 3.48. The zero-order valence-electron chi connectivity index (χ0n) is 10.7. The van der Waals surface area contributed by atoms with Crippen LogP contribution in [0, 0.1) is 5.92 Å². The van der Waals surface area contributed by atoms with Gasteiger partial charge in [-0.15, -0.1) is 0 Å². The van der Waals surface area contributed by atoms with Gasteiger partial charge < -0.3 is 19.7 Å². The van der Waals surface area contributed by atoms with E-state index in [1.54, 1.807) is 6.08 Å². The Morgan fingerprint density at radius 1 is 1.50 bits per heavy atom. The maximum absolute atomic E-state index is 11.4. The number of fused-ring (bicyclic) bond motifs is 1. The van der Waals surface area contributed by atoms with Gasteiger partial charge in [-0.2, -0.15) is 0 Å². The molecular weight excluding hydrogens is 328 g/mol. The lowest BCUT2D eigenvalue weighted by Crippen LogP contribution is -2.23. The monoisotopic (exact) mass is 340 g/mol. The van der Waals surface area contributed by atoms with Gasteiger partial charge in [0.15, 0.2) is 0 Å². The van der Waals surface area contributed by atoms with Crippen LogP contribution in [0.1, 0.15) is 28.8 Å². The SMILES string of the molecule is COc1cc(C(=O)O)c2c(c1Br)OC(C1CC1)C=C2O. The van der Waals surface area contributed by atoms with E-state index in [1.807, 2.05) is 0 Å². The van der Waals surface area contributed by atoms with Crippen molar-refractivity contribution in [2.24, 2.45) is 5.92 Å². The van der Waals surface area contributed by atoms with Gasteiger partial charge >= 0.3 is 5.97 Å². The summed E-state index contributed by atoms with van der Waals surface area (Å²) in [5, 5.41) is 19.5. The fourth-order valence-electron chi connectivity index (χ4n) is 2.36. The zero-order valence-corrected chi connectivity index (χ0v) is 12.3. The molecule has 1 aromatic carbocycles. The largest absolute Gasteiger partial charge is 0.507 e. The smallest absolute Gasteiger partial charge is 0.336 e. The van der Waals surface area contributed by atoms with Gasteiger partial charge in [0.05, 0.1) is 18.2 Å². The third-order valence-corrected chi connectivity index (χ3v) is 4.31. The van der Waals surface area contributed by atoms with E-state index < -0.39 is 5.97 Å². The number of aliphatic hydroxyl groups excluding tert-OH is 1. The van der Waals surface area contributed by atoms with E-state index in [0.29, 0.717) is 21.9 Å². The topological polar surface area (TPSA) is 76.0 Å². The van der Waals surface area contributed by atoms with Crippen molar-refractivity contribution in [1.29, 1.82) is 0 Å². The number of carboxylic acids is 1. The van der Waals surface area contributed by atoms with Gasteiger partial charge in [-0.3, -0.25) is 0 Å². The number of aromatic carboxylic acids is 1. The van der Waals surface area contributed by atoms with Gasteiger partial charge in [-0.25, -0.2) is 4.79 Å². The molecule has 1 atom stereocenters. The number of carboxylic acid groups (broad SMARTS) is 1. The van der Waals surface area contributed by atoms with Crippen LogP contribution in [0.15, 0.2) is 16.6 Å². The van der Waals surface area contributed by atoms with Gasteiger partial charge in [-0.05, 0) is 46.8 Å². The summed E-state index contributed by atoms with van der Waals surface area (Å²) in [5.41, 5.74) is 0.158. The minimum atomic E-state index is -1.14. The molecule has 0 saturated heterocycles. The van der Waals surface area contributed by atoms with Crippen molar-refractivity contribution in [3.8, 4) is 11.5 Å². The first-order valence-electron chi connectivity index (χ1n) is 6.24. The standard InChI is InChI=1S/C14H13BrO5/c1-19-10-4-7(14(17)18)11-8(16)5-9(6-2-3-6)20-13(11)12(10)15/h4-6,9,16H,2-3H2,1H3,(H,17,18). The third-order valence-electron chi connectivity index (χ3n) is 3.56. The summed E-state index contributed by atoms with van der Waals surface area (Å²) in [7, 11) is 1.45. The quantitative estimate of drug-likeness (QED) is 0.883. The molecule has 0 radical (unpaired) electrons. The van der Waals surface area contributed by atoms with Crippen LogP contribution >= 0.6 is 15.9 Å². The number of ether oxygens (including phenoxy) is 2. The summed E-state index contributed by atoms with van der Waals surface area (Å²) in [5.74, 6) is -0.106. The molecule has 106 valence electrons. The van der Waals surface area contributed by atoms with Gasteiger partial charge in [0, 0.05) is 0 Å². The highest BCUT2D eigenvalue weighted by Crippen LogP contribution is 2.47. The van der Waals surface area contributed by atoms with E-state index in [4.69, 9.17) is 9.47 Å². The summed E-state index contributed by atoms with van der Waals surface area (Å²) >= 11 is 3.35. The summed E-state index contributed by atoms with van der Waals surface area (Å²) < 4.78 is 11.5. The molecule has 0 aromatic heterocycles. The van der Waals surface area contributed by atoms with E-state index in [2.05, 4.69) is 15.9 Å². The van der Waals surface area contributed by atoms with Crippen LogP contribution in [0.25, 0.3) is 5.76 Å². The van der Waals surface area contributed by atoms with E-state index in [1.165, 1.54) is 13.2 Å². The first-order valence-corrected chi connectivity index (χ1v) is 7.03. The molecule has 1 unspecified atom stereocenters. The Morgan fingerprint density at radius 2 is 2.20 bits per heavy atom. The predicted molar refractivity (Wildman–Crippen MR) is 75.4 cm³/mol. The molecule has 1 aromatic rings. The van der Waals surface area contributed by atoms with Crippen LogP contribution < -0.4 is 9.47 Å². The minimum absolute atomic E-state index is 0.0388. The summed E-state index contributed by atoms with van der Waals surface area (Å²) in [6, 6.07) is 1.37. The average Bonchev–Trinajstić information content (AvgIpc) is 3.23. The Balaban J connectivity index is 2.19. The molecule has 1 heterocycles. The fraction of sp³-hybridized carbons (Fsp3) is 0.357. The van der Waals surface area contributed by atoms with Crippen LogP contribution in [0.5, 0.6) is 11.5 Å². The normalized spacial score (nSPS) is 20.7. The lowest BCUT2D eigenvalue weighted by Gasteiger charge is -2.26. The van der Waals surface area contributed by atoms with E-state index >= 15 is 0 Å². The van der Waals surface area contributed by atoms with Crippen molar-refractivity contribution in [2.75, 3.05) is 7.11 Å². The van der Waals surface area contributed by atoms with Crippen molar-refractivity contribution >= 4 is 27.7 Å². The van der Waals surface area contributed by atoms with Crippen molar-refractivity contribution in [3.05, 3.63) is 27.7 Å². The molecule has 1 aliphatic carbocycles. The van der Waals surface area contributed by atoms with Crippen molar-refractivity contribution < 1.29 is 24.5 Å². The number of aliphatic hydroxyl groups is 1. The lowest BCUT2D eigenvalue weighted by molar-refractivity contribution is 0.0694. The highest BCUT2D eigenvalue weighted by molar-refractivity contribution is 9.10. The second kappa shape index (κ2) is 4.70. The Kier molecular flexibility index (Phi) is 3.12. The fourth-order valence-corrected chi connectivity index (χ4v) is 2.93. The Morgan fingerprint density at radius 3 is 2.75 bits per heavy atom. The number of benzene rings is 1. The maximum atomic E-state index is 11.4. The number of halogens is 1. The Labute approximate surface area is 123 Å². The molecule has 0 amide bonds. The molecule has 20 heavy (non-hydrogen) atoms. The van der Waals surface area contributed by atoms with Crippen molar-refractivity contribution in [1.82, 2.24) is 0 Å². The van der Waals surface area contributed by atoms with Crippen LogP contribution in [-0.4, -0.2) is 29.4 Å². The van der Waals surface area contributed by atoms with E-state index in [-0.39, 0.29) is 23.0 Å². The highest BCUT2D eigenvalue weighted by Gasteiger charge is 2.37. The van der Waals surface area contributed by atoms with Crippen LogP contribution in [0.2, 0.25) is 0 Å². The second-order valence-electron chi connectivity index (χ2n) is 4.92. The average molecular weight is 341 g/mol. The molecule has 1 fully saturated rings. The maximum Gasteiger partial charge on any atom is 0.336 e. The molecule has 1 aliphatic heterocycles. The molecule has 6 heteroatoms. The minimum Gasteiger partial charge on any atom is -0.507 e. The van der Waals surface area contributed by atoms with Gasteiger partial charge in [0.2, 0.25) is 0 Å². The van der Waals surface area contributed by atoms with Crippen molar-refractivity contribution in [3.63, 3.8) is 0 Å². The lowest BCUT2D eigenvalue weighted by atomic mass is 9.99. The summed E-state index contributed by atoms with van der Waals surface area (Å²) in [6.45, 7) is 0. The molecule has 1 saturated carbocycles. The number of rotatable bonds is 3. The number of methoxy groups -OCH3 is 1. The molecule has 2 N–H and O–H groups in total. The van der Waals surface area contributed by atoms with Crippen LogP contribution in [-0.2, 0) is 0 Å². The van der Waals surface area contributed by atoms with Crippen LogP contribution in [0.4, 0.5) is 0 Å². The Bertz CT molecular complexity index is 618. The first-order chi connectivity index (χ1) is 9.52. The molecule has 5 nitrogen and oxygen atoms in total. The third kappa shape index (κ3) is 2.04. The predicted octanol–water partition coefficient (Wildman–Crippen LogP) is 3.23. The first kappa shape index (κ1) is 13.3. The van der Waals surface area contributed by atoms with Crippen molar-refractivity contribution in [2.45, 2.75) is 18.9 Å². The van der Waals surface area contributed by atoms with Gasteiger partial charge in [0.25, 0.3) is 0 Å². The molecule has 0 spiro atoms. The van der Waals surface area contributed by atoms with Gasteiger partial charge in [0.1, 0.15) is 27.8 Å². The van der Waals surface area contributed by atoms with E-state index in [0.717, 1.165) is 12.8 Å². The molecule has 2 aliphatic rings. The highest BCUT2D eigenvalue weighted by atomic mass is 79.9. The number of hydrogen-bond donors (Lipinski definition) is 2. The molecule has 0 bridgehead atoms. The molecular formula is C14H13BrO5. The second-order valence-corrected chi connectivity index (χ2v) is 5.71. The zero-order chi connectivity index (χ0) is 14.4.